The Bertz CT molecular complexity index is 692. The minimum atomic E-state index is -3.92. The molecule has 0 N–H and O–H groups in total. The van der Waals surface area contributed by atoms with Crippen LogP contribution in [0, 0.1) is 11.8 Å². The van der Waals surface area contributed by atoms with Crippen molar-refractivity contribution in [1.82, 2.24) is 0 Å². The van der Waals surface area contributed by atoms with Crippen molar-refractivity contribution in [2.45, 2.75) is 12.8 Å². The number of amides is 1. The van der Waals surface area contributed by atoms with Gasteiger partial charge in [0.15, 0.2) is 0 Å². The van der Waals surface area contributed by atoms with Gasteiger partial charge >= 0.3 is 16.2 Å². The normalized spacial score (nSPS) is 24.0. The molecule has 6 nitrogen and oxygen atoms in total. The highest BCUT2D eigenvalue weighted by atomic mass is 32.2. The quantitative estimate of drug-likeness (QED) is 0.738. The number of anilines is 1. The second-order valence-corrected chi connectivity index (χ2v) is 7.18. The van der Waals surface area contributed by atoms with Gasteiger partial charge in [-0.1, -0.05) is 0 Å². The Morgan fingerprint density at radius 1 is 1.30 bits per heavy atom. The van der Waals surface area contributed by atoms with Crippen molar-refractivity contribution >= 4 is 21.9 Å². The predicted octanol–water partition coefficient (Wildman–Crippen LogP) is 2.25. The molecule has 2 aliphatic rings. The summed E-state index contributed by atoms with van der Waals surface area (Å²) in [5.41, 5.74) is 0.567. The summed E-state index contributed by atoms with van der Waals surface area (Å²) in [6, 6.07) is 5.90. The first-order valence-electron chi connectivity index (χ1n) is 7.10. The molecule has 1 aliphatic heterocycles. The molecule has 0 unspecified atom stereocenters. The summed E-state index contributed by atoms with van der Waals surface area (Å²) in [6.07, 6.45) is -2.75. The second-order valence-electron chi connectivity index (χ2n) is 5.56. The molecule has 1 saturated heterocycles. The molecule has 0 aromatic heterocycles. The Morgan fingerprint density at radius 2 is 2.00 bits per heavy atom. The first-order chi connectivity index (χ1) is 10.9. The third kappa shape index (κ3) is 3.72. The number of benzene rings is 1. The van der Waals surface area contributed by atoms with Crippen molar-refractivity contribution in [3.8, 4) is 5.75 Å². The lowest BCUT2D eigenvalue weighted by Crippen LogP contribution is -2.23. The molecule has 9 heteroatoms. The number of halogens is 2. The molecular formula is C14H15F2NO5S. The van der Waals surface area contributed by atoms with Gasteiger partial charge < -0.3 is 8.92 Å². The predicted molar refractivity (Wildman–Crippen MR) is 77.2 cm³/mol. The number of carbonyl (C=O) groups excluding carboxylic acids is 1. The van der Waals surface area contributed by atoms with Crippen LogP contribution >= 0.6 is 0 Å². The Morgan fingerprint density at radius 3 is 2.52 bits per heavy atom. The minimum Gasteiger partial charge on any atom is -0.447 e. The maximum atomic E-state index is 12.4. The number of carbonyl (C=O) groups is 1. The van der Waals surface area contributed by atoms with Crippen LogP contribution in [0.15, 0.2) is 24.3 Å². The van der Waals surface area contributed by atoms with Gasteiger partial charge in [0.25, 0.3) is 0 Å². The molecule has 1 saturated carbocycles. The van der Waals surface area contributed by atoms with Gasteiger partial charge in [0.2, 0.25) is 6.43 Å². The van der Waals surface area contributed by atoms with Gasteiger partial charge in [-0.05, 0) is 36.6 Å². The maximum Gasteiger partial charge on any atom is 0.414 e. The van der Waals surface area contributed by atoms with E-state index in [1.807, 2.05) is 0 Å². The summed E-state index contributed by atoms with van der Waals surface area (Å²) in [5, 5.41) is 0. The molecule has 1 amide bonds. The summed E-state index contributed by atoms with van der Waals surface area (Å²) in [7, 11) is -3.92. The zero-order valence-electron chi connectivity index (χ0n) is 12.0. The second kappa shape index (κ2) is 5.95. The first-order valence-corrected chi connectivity index (χ1v) is 8.68. The lowest BCUT2D eigenvalue weighted by molar-refractivity contribution is 0.117. The highest BCUT2D eigenvalue weighted by molar-refractivity contribution is 7.87. The summed E-state index contributed by atoms with van der Waals surface area (Å²) in [5.74, 6) is -1.73. The highest BCUT2D eigenvalue weighted by Gasteiger charge is 2.46. The molecule has 2 atom stereocenters. The molecule has 23 heavy (non-hydrogen) atoms. The van der Waals surface area contributed by atoms with Crippen LogP contribution in [0.3, 0.4) is 0 Å². The number of rotatable bonds is 6. The van der Waals surface area contributed by atoms with Gasteiger partial charge in [-0.2, -0.15) is 8.42 Å². The van der Waals surface area contributed by atoms with Crippen molar-refractivity contribution in [2.75, 3.05) is 23.8 Å². The first kappa shape index (κ1) is 16.0. The van der Waals surface area contributed by atoms with E-state index >= 15 is 0 Å². The SMILES string of the molecule is O=C1OCCN1c1ccc(OS(=O)(=O)C[C@@H]2C[C@H]2C(F)F)cc1. The monoisotopic (exact) mass is 347 g/mol. The average Bonchev–Trinajstić information content (AvgIpc) is 3.10. The molecule has 1 aromatic rings. The van der Waals surface area contributed by atoms with E-state index in [4.69, 9.17) is 8.92 Å². The van der Waals surface area contributed by atoms with Crippen molar-refractivity contribution in [3.05, 3.63) is 24.3 Å². The number of alkyl halides is 2. The number of hydrogen-bond donors (Lipinski definition) is 0. The van der Waals surface area contributed by atoms with Crippen LogP contribution in [-0.4, -0.2) is 39.8 Å². The molecule has 0 spiro atoms. The molecule has 126 valence electrons. The zero-order chi connectivity index (χ0) is 16.6. The largest absolute Gasteiger partial charge is 0.447 e. The van der Waals surface area contributed by atoms with Gasteiger partial charge in [-0.25, -0.2) is 13.6 Å². The number of nitrogens with zero attached hydrogens (tertiary/aromatic N) is 1. The van der Waals surface area contributed by atoms with Gasteiger partial charge in [0.1, 0.15) is 12.4 Å². The average molecular weight is 347 g/mol. The van der Waals surface area contributed by atoms with E-state index in [0.29, 0.717) is 18.8 Å². The Labute approximate surface area is 132 Å². The smallest absolute Gasteiger partial charge is 0.414 e. The van der Waals surface area contributed by atoms with Crippen LogP contribution in [0.2, 0.25) is 0 Å². The van der Waals surface area contributed by atoms with Gasteiger partial charge in [-0.3, -0.25) is 4.90 Å². The standard InChI is InChI=1S/C14H15F2NO5S/c15-13(16)12-7-9(12)8-23(19,20)22-11-3-1-10(2-4-11)17-5-6-21-14(17)18/h1-4,9,12-13H,5-8H2/t9-,12+/m0/s1. The van der Waals surface area contributed by atoms with Crippen molar-refractivity contribution in [2.24, 2.45) is 11.8 Å². The fourth-order valence-corrected chi connectivity index (χ4v) is 3.90. The number of cyclic esters (lactones) is 1. The third-order valence-electron chi connectivity index (χ3n) is 3.85. The number of ether oxygens (including phenoxy) is 1. The summed E-state index contributed by atoms with van der Waals surface area (Å²) in [6.45, 7) is 0.728. The molecule has 2 fully saturated rings. The van der Waals surface area contributed by atoms with Crippen LogP contribution < -0.4 is 9.08 Å². The van der Waals surface area contributed by atoms with Crippen molar-refractivity contribution in [3.63, 3.8) is 0 Å². The molecule has 1 aromatic carbocycles. The highest BCUT2D eigenvalue weighted by Crippen LogP contribution is 2.44. The van der Waals surface area contributed by atoms with E-state index < -0.39 is 40.2 Å². The fourth-order valence-electron chi connectivity index (χ4n) is 2.52. The third-order valence-corrected chi connectivity index (χ3v) is 5.13. The molecule has 0 radical (unpaired) electrons. The Hall–Kier alpha value is -1.90. The number of hydrogen-bond acceptors (Lipinski definition) is 5. The van der Waals surface area contributed by atoms with E-state index in [2.05, 4.69) is 0 Å². The molecule has 1 heterocycles. The van der Waals surface area contributed by atoms with E-state index in [1.165, 1.54) is 29.2 Å². The lowest BCUT2D eigenvalue weighted by atomic mass is 10.3. The summed E-state index contributed by atoms with van der Waals surface area (Å²) < 4.78 is 58.3. The van der Waals surface area contributed by atoms with Gasteiger partial charge in [0, 0.05) is 11.6 Å². The van der Waals surface area contributed by atoms with Crippen LogP contribution in [-0.2, 0) is 14.9 Å². The van der Waals surface area contributed by atoms with E-state index in [0.717, 1.165) is 0 Å². The maximum absolute atomic E-state index is 12.4. The topological polar surface area (TPSA) is 72.9 Å². The summed E-state index contributed by atoms with van der Waals surface area (Å²) in [4.78, 5) is 12.8. The molecular weight excluding hydrogens is 332 g/mol. The lowest BCUT2D eigenvalue weighted by Gasteiger charge is -2.13. The van der Waals surface area contributed by atoms with E-state index in [1.54, 1.807) is 0 Å². The zero-order valence-corrected chi connectivity index (χ0v) is 12.8. The fraction of sp³-hybridized carbons (Fsp3) is 0.500. The van der Waals surface area contributed by atoms with E-state index in [-0.39, 0.29) is 12.2 Å². The molecule has 0 bridgehead atoms. The van der Waals surface area contributed by atoms with Crippen molar-refractivity contribution < 1.29 is 30.9 Å². The Kier molecular flexibility index (Phi) is 4.13. The van der Waals surface area contributed by atoms with Crippen LogP contribution in [0.4, 0.5) is 19.3 Å². The van der Waals surface area contributed by atoms with Crippen LogP contribution in [0.25, 0.3) is 0 Å². The van der Waals surface area contributed by atoms with Gasteiger partial charge in [-0.15, -0.1) is 0 Å². The molecule has 1 aliphatic carbocycles. The molecule has 3 rings (SSSR count). The minimum absolute atomic E-state index is 0.0792. The van der Waals surface area contributed by atoms with Crippen LogP contribution in [0.1, 0.15) is 6.42 Å². The van der Waals surface area contributed by atoms with Crippen molar-refractivity contribution in [1.29, 1.82) is 0 Å². The van der Waals surface area contributed by atoms with Crippen LogP contribution in [0.5, 0.6) is 5.75 Å². The van der Waals surface area contributed by atoms with E-state index in [9.17, 15) is 22.0 Å². The Balaban J connectivity index is 1.60. The summed E-state index contributed by atoms with van der Waals surface area (Å²) >= 11 is 0. The van der Waals surface area contributed by atoms with Gasteiger partial charge in [0.05, 0.1) is 12.3 Å².